The minimum Gasteiger partial charge on any atom is -0.453 e. The number of hydrogen-bond acceptors (Lipinski definition) is 6. The van der Waals surface area contributed by atoms with Crippen LogP contribution in [0.1, 0.15) is 23.7 Å². The number of aromatic nitrogens is 2. The molecule has 1 unspecified atom stereocenters. The maximum Gasteiger partial charge on any atom is 0.411 e. The molecule has 0 radical (unpaired) electrons. The average Bonchev–Trinajstić information content (AvgIpc) is 3.41. The van der Waals surface area contributed by atoms with E-state index in [4.69, 9.17) is 0 Å². The lowest BCUT2D eigenvalue weighted by Crippen LogP contribution is -2.46. The highest BCUT2D eigenvalue weighted by Crippen LogP contribution is 2.58. The zero-order valence-corrected chi connectivity index (χ0v) is 21.8. The third-order valence-electron chi connectivity index (χ3n) is 6.53. The lowest BCUT2D eigenvalue weighted by Gasteiger charge is -2.22. The Morgan fingerprint density at radius 1 is 1.00 bits per heavy atom. The standard InChI is InChI=1S/C27H23F2N5O5S/c1-39-26(36)31-18-10-12-19(13-11-18)34-15-14-30-24(34)27(16-20(27)17-6-3-2-4-7-17)32-25(35)33-40(37,38)23-21(28)8-5-9-22(23)29/h2-15,20H,16H2,1H3,(H,31,36)(H2,32,33,35)/t20?,27-/m0/s1. The number of ether oxygens (including phenoxy) is 1. The summed E-state index contributed by atoms with van der Waals surface area (Å²) in [5.74, 6) is -2.54. The molecule has 0 aliphatic heterocycles. The number of amides is 3. The molecule has 1 aliphatic carbocycles. The van der Waals surface area contributed by atoms with E-state index in [2.05, 4.69) is 20.4 Å². The van der Waals surface area contributed by atoms with E-state index in [-0.39, 0.29) is 5.92 Å². The van der Waals surface area contributed by atoms with Crippen molar-refractivity contribution in [1.82, 2.24) is 19.6 Å². The third kappa shape index (κ3) is 5.10. The number of halogens is 2. The summed E-state index contributed by atoms with van der Waals surface area (Å²) in [6, 6.07) is 17.4. The van der Waals surface area contributed by atoms with Crippen molar-refractivity contribution in [1.29, 1.82) is 0 Å². The van der Waals surface area contributed by atoms with Crippen LogP contribution in [0, 0.1) is 11.6 Å². The molecule has 3 aromatic carbocycles. The molecule has 1 aliphatic rings. The number of anilines is 1. The molecule has 0 saturated heterocycles. The predicted octanol–water partition coefficient (Wildman–Crippen LogP) is 4.40. The van der Waals surface area contributed by atoms with Gasteiger partial charge in [-0.05, 0) is 48.4 Å². The van der Waals surface area contributed by atoms with Gasteiger partial charge in [0, 0.05) is 29.7 Å². The molecule has 10 nitrogen and oxygen atoms in total. The molecule has 1 fully saturated rings. The van der Waals surface area contributed by atoms with Gasteiger partial charge in [-0.1, -0.05) is 36.4 Å². The summed E-state index contributed by atoms with van der Waals surface area (Å²) in [6.07, 6.45) is 2.95. The molecule has 13 heteroatoms. The van der Waals surface area contributed by atoms with Gasteiger partial charge in [0.2, 0.25) is 0 Å². The number of urea groups is 1. The van der Waals surface area contributed by atoms with E-state index in [0.29, 0.717) is 23.6 Å². The molecule has 206 valence electrons. The maximum atomic E-state index is 14.2. The van der Waals surface area contributed by atoms with Crippen LogP contribution in [0.5, 0.6) is 0 Å². The van der Waals surface area contributed by atoms with E-state index in [1.807, 2.05) is 30.3 Å². The highest BCUT2D eigenvalue weighted by molar-refractivity contribution is 7.90. The van der Waals surface area contributed by atoms with Gasteiger partial charge in [-0.25, -0.2) is 36.5 Å². The van der Waals surface area contributed by atoms with Crippen LogP contribution < -0.4 is 15.4 Å². The zero-order valence-electron chi connectivity index (χ0n) is 21.0. The topological polar surface area (TPSA) is 131 Å². The summed E-state index contributed by atoms with van der Waals surface area (Å²) in [5.41, 5.74) is 0.854. The van der Waals surface area contributed by atoms with Gasteiger partial charge in [0.05, 0.1) is 7.11 Å². The van der Waals surface area contributed by atoms with Crippen LogP contribution in [0.15, 0.2) is 90.1 Å². The van der Waals surface area contributed by atoms with Gasteiger partial charge < -0.3 is 14.6 Å². The van der Waals surface area contributed by atoms with E-state index >= 15 is 0 Å². The Balaban J connectivity index is 1.47. The number of imidazole rings is 1. The Morgan fingerprint density at radius 2 is 1.68 bits per heavy atom. The number of carbonyl (C=O) groups excluding carboxylic acids is 2. The largest absolute Gasteiger partial charge is 0.453 e. The van der Waals surface area contributed by atoms with Crippen molar-refractivity contribution in [3.63, 3.8) is 0 Å². The zero-order chi connectivity index (χ0) is 28.5. The molecule has 3 N–H and O–H groups in total. The second-order valence-electron chi connectivity index (χ2n) is 9.03. The number of hydrogen-bond donors (Lipinski definition) is 3. The number of rotatable bonds is 7. The number of carbonyl (C=O) groups is 2. The van der Waals surface area contributed by atoms with E-state index < -0.39 is 44.2 Å². The van der Waals surface area contributed by atoms with Gasteiger partial charge in [0.15, 0.2) is 4.90 Å². The van der Waals surface area contributed by atoms with E-state index in [1.165, 1.54) is 13.3 Å². The Labute approximate surface area is 228 Å². The number of nitrogens with zero attached hydrogens (tertiary/aromatic N) is 2. The molecule has 5 rings (SSSR count). The monoisotopic (exact) mass is 567 g/mol. The molecule has 0 spiro atoms. The van der Waals surface area contributed by atoms with Gasteiger partial charge in [-0.2, -0.15) is 0 Å². The summed E-state index contributed by atoms with van der Waals surface area (Å²) >= 11 is 0. The normalized spacial score (nSPS) is 18.0. The summed E-state index contributed by atoms with van der Waals surface area (Å²) in [6.45, 7) is 0. The Morgan fingerprint density at radius 3 is 2.33 bits per heavy atom. The number of nitrogens with one attached hydrogen (secondary N) is 3. The Bertz CT molecular complexity index is 1660. The molecule has 1 saturated carbocycles. The van der Waals surface area contributed by atoms with Crippen LogP contribution in [-0.2, 0) is 20.3 Å². The molecule has 1 heterocycles. The second kappa shape index (κ2) is 10.4. The van der Waals surface area contributed by atoms with Gasteiger partial charge in [-0.3, -0.25) is 5.32 Å². The Hall–Kier alpha value is -4.78. The van der Waals surface area contributed by atoms with Crippen LogP contribution in [0.25, 0.3) is 5.69 Å². The summed E-state index contributed by atoms with van der Waals surface area (Å²) in [5, 5.41) is 5.26. The van der Waals surface area contributed by atoms with Crippen molar-refractivity contribution in [2.24, 2.45) is 0 Å². The maximum absolute atomic E-state index is 14.2. The molecule has 3 amide bonds. The molecular formula is C27H23F2N5O5S. The molecule has 0 bridgehead atoms. The van der Waals surface area contributed by atoms with Crippen molar-refractivity contribution >= 4 is 27.8 Å². The van der Waals surface area contributed by atoms with Crippen molar-refractivity contribution in [3.8, 4) is 5.69 Å². The average molecular weight is 568 g/mol. The molecule has 2 atom stereocenters. The smallest absolute Gasteiger partial charge is 0.411 e. The SMILES string of the molecule is COC(=O)Nc1ccc(-n2ccnc2[C@]2(NC(=O)NS(=O)(=O)c3c(F)cccc3F)CC2c2ccccc2)cc1. The van der Waals surface area contributed by atoms with Crippen molar-refractivity contribution in [2.75, 3.05) is 12.4 Å². The van der Waals surface area contributed by atoms with Crippen molar-refractivity contribution in [2.45, 2.75) is 22.8 Å². The summed E-state index contributed by atoms with van der Waals surface area (Å²) < 4.78 is 61.9. The van der Waals surface area contributed by atoms with E-state index in [1.54, 1.807) is 39.8 Å². The van der Waals surface area contributed by atoms with Crippen LogP contribution in [-0.4, -0.2) is 37.2 Å². The van der Waals surface area contributed by atoms with Crippen LogP contribution in [0.4, 0.5) is 24.1 Å². The fourth-order valence-electron chi connectivity index (χ4n) is 4.65. The predicted molar refractivity (Wildman–Crippen MR) is 140 cm³/mol. The first kappa shape index (κ1) is 26.8. The van der Waals surface area contributed by atoms with Crippen LogP contribution >= 0.6 is 0 Å². The molecule has 40 heavy (non-hydrogen) atoms. The first-order chi connectivity index (χ1) is 19.1. The fourth-order valence-corrected chi connectivity index (χ4v) is 5.70. The van der Waals surface area contributed by atoms with Gasteiger partial charge in [-0.15, -0.1) is 0 Å². The lowest BCUT2D eigenvalue weighted by molar-refractivity contribution is 0.187. The van der Waals surface area contributed by atoms with Gasteiger partial charge in [0.1, 0.15) is 23.0 Å². The first-order valence-corrected chi connectivity index (χ1v) is 13.5. The van der Waals surface area contributed by atoms with Crippen molar-refractivity contribution in [3.05, 3.63) is 108 Å². The van der Waals surface area contributed by atoms with Crippen LogP contribution in [0.3, 0.4) is 0 Å². The van der Waals surface area contributed by atoms with Gasteiger partial charge >= 0.3 is 12.1 Å². The van der Waals surface area contributed by atoms with E-state index in [9.17, 15) is 26.8 Å². The lowest BCUT2D eigenvalue weighted by atomic mass is 10.1. The highest BCUT2D eigenvalue weighted by atomic mass is 32.2. The number of benzene rings is 3. The summed E-state index contributed by atoms with van der Waals surface area (Å²) in [7, 11) is -3.63. The fraction of sp³-hybridized carbons (Fsp3) is 0.148. The first-order valence-electron chi connectivity index (χ1n) is 12.0. The van der Waals surface area contributed by atoms with E-state index in [0.717, 1.165) is 23.8 Å². The third-order valence-corrected chi connectivity index (χ3v) is 7.91. The minimum absolute atomic E-state index is 0.284. The molecule has 4 aromatic rings. The summed E-state index contributed by atoms with van der Waals surface area (Å²) in [4.78, 5) is 27.8. The highest BCUT2D eigenvalue weighted by Gasteiger charge is 2.60. The quantitative estimate of drug-likeness (QED) is 0.303. The van der Waals surface area contributed by atoms with Crippen molar-refractivity contribution < 1.29 is 31.5 Å². The van der Waals surface area contributed by atoms with Crippen LogP contribution in [0.2, 0.25) is 0 Å². The second-order valence-corrected chi connectivity index (χ2v) is 10.7. The molecule has 1 aromatic heterocycles. The number of sulfonamides is 1. The minimum atomic E-state index is -4.88. The Kier molecular flexibility index (Phi) is 6.98. The molecular weight excluding hydrogens is 544 g/mol. The number of methoxy groups -OCH3 is 1. The van der Waals surface area contributed by atoms with Gasteiger partial charge in [0.25, 0.3) is 10.0 Å².